The molecular weight excluding hydrogens is 426 g/mol. The summed E-state index contributed by atoms with van der Waals surface area (Å²) in [5.41, 5.74) is 4.75. The number of hydrogen-bond donors (Lipinski definition) is 2. The van der Waals surface area contributed by atoms with Crippen molar-refractivity contribution in [3.63, 3.8) is 0 Å². The van der Waals surface area contributed by atoms with E-state index in [1.807, 2.05) is 20.8 Å². The van der Waals surface area contributed by atoms with Crippen LogP contribution in [-0.4, -0.2) is 45.3 Å². The van der Waals surface area contributed by atoms with Gasteiger partial charge in [0.15, 0.2) is 5.69 Å². The first-order valence-electron chi connectivity index (χ1n) is 12.0. The van der Waals surface area contributed by atoms with Gasteiger partial charge in [-0.15, -0.1) is 0 Å². The Hall–Kier alpha value is -2.91. The summed E-state index contributed by atoms with van der Waals surface area (Å²) in [4.78, 5) is 68.7. The van der Waals surface area contributed by atoms with Crippen LogP contribution in [0.4, 0.5) is 11.5 Å². The van der Waals surface area contributed by atoms with Crippen molar-refractivity contribution in [2.75, 3.05) is 23.7 Å². The number of carbonyl (C=O) groups is 3. The smallest absolute Gasteiger partial charge is 0.330 e. The number of hydrogen-bond acceptors (Lipinski definition) is 6. The van der Waals surface area contributed by atoms with Gasteiger partial charge >= 0.3 is 5.69 Å². The van der Waals surface area contributed by atoms with E-state index < -0.39 is 23.7 Å². The molecule has 1 saturated heterocycles. The van der Waals surface area contributed by atoms with Gasteiger partial charge in [0.25, 0.3) is 5.56 Å². The van der Waals surface area contributed by atoms with Crippen molar-refractivity contribution in [1.29, 1.82) is 0 Å². The Kier molecular flexibility index (Phi) is 7.76. The number of amides is 3. The maximum atomic E-state index is 13.4. The molecule has 2 atom stereocenters. The van der Waals surface area contributed by atoms with Crippen LogP contribution in [0.15, 0.2) is 9.59 Å². The first-order chi connectivity index (χ1) is 15.7. The van der Waals surface area contributed by atoms with Gasteiger partial charge in [0.1, 0.15) is 12.4 Å². The van der Waals surface area contributed by atoms with Crippen molar-refractivity contribution >= 4 is 29.2 Å². The highest BCUT2D eigenvalue weighted by Crippen LogP contribution is 2.38. The van der Waals surface area contributed by atoms with E-state index in [-0.39, 0.29) is 47.6 Å². The number of fused-ring (bicyclic) bond motifs is 1. The summed E-state index contributed by atoms with van der Waals surface area (Å²) in [6.07, 6.45) is 5.18. The van der Waals surface area contributed by atoms with Crippen LogP contribution in [0.25, 0.3) is 0 Å². The molecule has 0 unspecified atom stereocenters. The summed E-state index contributed by atoms with van der Waals surface area (Å²) < 4.78 is 1.26. The molecule has 182 valence electrons. The summed E-state index contributed by atoms with van der Waals surface area (Å²) in [6, 6.07) is 0. The largest absolute Gasteiger partial charge is 0.383 e. The molecule has 10 heteroatoms. The monoisotopic (exact) mass is 461 g/mol. The number of H-pyrrole nitrogens is 1. The number of nitrogens with one attached hydrogen (secondary N) is 1. The SMILES string of the molecule is CCCCn1c(N)c(N(CCC(C)C)C(=O)CN2C(=O)[C@H]3CCCC[C@@H]3C2=O)c(=O)[nH]c1=O. The van der Waals surface area contributed by atoms with Gasteiger partial charge in [-0.25, -0.2) is 4.79 Å². The third-order valence-corrected chi connectivity index (χ3v) is 6.68. The number of aromatic amines is 1. The number of nitrogens with zero attached hydrogens (tertiary/aromatic N) is 3. The van der Waals surface area contributed by atoms with Gasteiger partial charge in [0.05, 0.1) is 11.8 Å². The summed E-state index contributed by atoms with van der Waals surface area (Å²) in [6.45, 7) is 5.99. The lowest BCUT2D eigenvalue weighted by Crippen LogP contribution is -2.47. The van der Waals surface area contributed by atoms with Crippen LogP contribution in [0.3, 0.4) is 0 Å². The normalized spacial score (nSPS) is 20.4. The molecule has 2 fully saturated rings. The molecule has 3 N–H and O–H groups in total. The number of nitrogen functional groups attached to an aromatic ring is 1. The lowest BCUT2D eigenvalue weighted by molar-refractivity contribution is -0.143. The molecule has 10 nitrogen and oxygen atoms in total. The van der Waals surface area contributed by atoms with Gasteiger partial charge in [-0.3, -0.25) is 33.6 Å². The fraction of sp³-hybridized carbons (Fsp3) is 0.696. The third kappa shape index (κ3) is 5.04. The molecule has 0 bridgehead atoms. The zero-order valence-corrected chi connectivity index (χ0v) is 19.8. The number of anilines is 2. The van der Waals surface area contributed by atoms with Gasteiger partial charge in [-0.05, 0) is 31.6 Å². The summed E-state index contributed by atoms with van der Waals surface area (Å²) >= 11 is 0. The van der Waals surface area contributed by atoms with E-state index in [1.165, 1.54) is 9.47 Å². The van der Waals surface area contributed by atoms with Crippen LogP contribution in [0.2, 0.25) is 0 Å². The minimum Gasteiger partial charge on any atom is -0.383 e. The molecular formula is C23H35N5O5. The summed E-state index contributed by atoms with van der Waals surface area (Å²) in [5, 5.41) is 0. The van der Waals surface area contributed by atoms with E-state index in [4.69, 9.17) is 5.73 Å². The van der Waals surface area contributed by atoms with Crippen LogP contribution in [0, 0.1) is 17.8 Å². The van der Waals surface area contributed by atoms with Crippen LogP contribution in [0.1, 0.15) is 65.7 Å². The standard InChI is InChI=1S/C23H35N5O5/c1-4-5-11-27-19(24)18(20(30)25-23(27)33)26(12-10-14(2)3)17(29)13-28-21(31)15-8-6-7-9-16(15)22(28)32/h14-16H,4-13,24H2,1-3H3,(H,25,30,33)/t15-,16-/m0/s1. The van der Waals surface area contributed by atoms with E-state index >= 15 is 0 Å². The van der Waals surface area contributed by atoms with E-state index in [0.29, 0.717) is 32.2 Å². The molecule has 1 aromatic heterocycles. The van der Waals surface area contributed by atoms with Crippen molar-refractivity contribution < 1.29 is 14.4 Å². The third-order valence-electron chi connectivity index (χ3n) is 6.68. The molecule has 0 spiro atoms. The lowest BCUT2D eigenvalue weighted by atomic mass is 9.81. The topological polar surface area (TPSA) is 139 Å². The summed E-state index contributed by atoms with van der Waals surface area (Å²) in [7, 11) is 0. The second-order valence-corrected chi connectivity index (χ2v) is 9.49. The minimum atomic E-state index is -0.755. The van der Waals surface area contributed by atoms with Crippen molar-refractivity contribution in [1.82, 2.24) is 14.5 Å². The Bertz CT molecular complexity index is 1000. The van der Waals surface area contributed by atoms with Crippen LogP contribution in [-0.2, 0) is 20.9 Å². The second kappa shape index (κ2) is 10.4. The van der Waals surface area contributed by atoms with E-state index in [0.717, 1.165) is 24.2 Å². The maximum Gasteiger partial charge on any atom is 0.330 e. The van der Waals surface area contributed by atoms with Gasteiger partial charge in [-0.2, -0.15) is 0 Å². The highest BCUT2D eigenvalue weighted by molar-refractivity contribution is 6.09. The van der Waals surface area contributed by atoms with Gasteiger partial charge in [-0.1, -0.05) is 40.0 Å². The van der Waals surface area contributed by atoms with Gasteiger partial charge in [0, 0.05) is 13.1 Å². The number of imide groups is 1. The molecule has 2 heterocycles. The Morgan fingerprint density at radius 1 is 1.12 bits per heavy atom. The first-order valence-corrected chi connectivity index (χ1v) is 12.0. The number of rotatable bonds is 9. The van der Waals surface area contributed by atoms with Crippen molar-refractivity contribution in [3.05, 3.63) is 20.8 Å². The predicted octanol–water partition coefficient (Wildman–Crippen LogP) is 1.47. The molecule has 1 aromatic rings. The molecule has 2 aliphatic rings. The highest BCUT2D eigenvalue weighted by Gasteiger charge is 2.49. The fourth-order valence-electron chi connectivity index (χ4n) is 4.73. The van der Waals surface area contributed by atoms with Crippen LogP contribution in [0.5, 0.6) is 0 Å². The van der Waals surface area contributed by atoms with Crippen molar-refractivity contribution in [2.45, 2.75) is 72.3 Å². The summed E-state index contributed by atoms with van der Waals surface area (Å²) in [5.74, 6) is -1.74. The number of unbranched alkanes of at least 4 members (excludes halogenated alkanes) is 1. The average molecular weight is 462 g/mol. The Morgan fingerprint density at radius 3 is 2.27 bits per heavy atom. The Morgan fingerprint density at radius 2 is 1.73 bits per heavy atom. The number of carbonyl (C=O) groups excluding carboxylic acids is 3. The van der Waals surface area contributed by atoms with Crippen LogP contribution >= 0.6 is 0 Å². The van der Waals surface area contributed by atoms with Crippen molar-refractivity contribution in [3.8, 4) is 0 Å². The molecule has 0 radical (unpaired) electrons. The fourth-order valence-corrected chi connectivity index (χ4v) is 4.73. The molecule has 3 amide bonds. The Balaban J connectivity index is 1.94. The molecule has 1 aliphatic heterocycles. The quantitative estimate of drug-likeness (QED) is 0.534. The zero-order valence-electron chi connectivity index (χ0n) is 19.8. The molecule has 33 heavy (non-hydrogen) atoms. The molecule has 1 saturated carbocycles. The lowest BCUT2D eigenvalue weighted by Gasteiger charge is -2.27. The van der Waals surface area contributed by atoms with Crippen molar-refractivity contribution in [2.24, 2.45) is 17.8 Å². The average Bonchev–Trinajstić information content (AvgIpc) is 3.00. The van der Waals surface area contributed by atoms with E-state index in [1.54, 1.807) is 0 Å². The molecule has 1 aliphatic carbocycles. The molecule has 3 rings (SSSR count). The van der Waals surface area contributed by atoms with E-state index in [2.05, 4.69) is 4.98 Å². The number of aromatic nitrogens is 2. The van der Waals surface area contributed by atoms with Gasteiger partial charge in [0.2, 0.25) is 17.7 Å². The van der Waals surface area contributed by atoms with E-state index in [9.17, 15) is 24.0 Å². The number of likely N-dealkylation sites (tertiary alicyclic amines) is 1. The zero-order chi connectivity index (χ0) is 24.3. The molecule has 0 aromatic carbocycles. The highest BCUT2D eigenvalue weighted by atomic mass is 16.2. The predicted molar refractivity (Wildman–Crippen MR) is 125 cm³/mol. The second-order valence-electron chi connectivity index (χ2n) is 9.49. The minimum absolute atomic E-state index is 0.0814. The Labute approximate surface area is 193 Å². The van der Waals surface area contributed by atoms with Gasteiger partial charge < -0.3 is 10.6 Å². The van der Waals surface area contributed by atoms with Crippen LogP contribution < -0.4 is 21.9 Å². The first kappa shape index (κ1) is 24.7. The number of nitrogens with two attached hydrogens (primary N) is 1. The maximum absolute atomic E-state index is 13.4.